The van der Waals surface area contributed by atoms with Gasteiger partial charge < -0.3 is 53.4 Å². The van der Waals surface area contributed by atoms with E-state index < -0.39 is 12.1 Å². The molecule has 22 rings (SSSR count). The SMILES string of the molecule is CC(=O)c1cnn2c(N(C)Cc3ccccc3)cc(-c3cn(C(C)C)c4cnccc34)nc12.CC(=O)c1cnn2c(N(C)Cc3ccccc3)cc(C)nc12.CC(C)n1cc(-c2cc(N(C)Cc3ccccc3)n3ncc(C(=O)NC4CC[C@H]4O)c3n2)c2ccnnc21.CC(C)n1cc(-c2cc(N(C)Cc3ccccc3)n3ncc(C(=O)O)c3n2)c2ccnnc21.CC(C)n1cc(I)c2ccnnc21.N[I-]C[C@H]1CC[C@H]1O. The van der Waals surface area contributed by atoms with Crippen molar-refractivity contribution < 1.29 is 56.0 Å². The number of rotatable bonds is 26. The molecule has 16 aromatic heterocycles. The molecule has 0 aliphatic heterocycles. The number of aliphatic hydroxyl groups is 2. The van der Waals surface area contributed by atoms with Crippen LogP contribution < -0.4 is 50.3 Å². The fourth-order valence-corrected chi connectivity index (χ4v) is 20.4. The van der Waals surface area contributed by atoms with Gasteiger partial charge in [-0.25, -0.2) is 24.7 Å². The summed E-state index contributed by atoms with van der Waals surface area (Å²) in [7, 11) is 8.00. The van der Waals surface area contributed by atoms with E-state index in [1.807, 2.05) is 184 Å². The number of aromatic carboxylic acids is 1. The first-order chi connectivity index (χ1) is 70.9. The third kappa shape index (κ3) is 22.6. The van der Waals surface area contributed by atoms with E-state index in [9.17, 15) is 29.4 Å². The van der Waals surface area contributed by atoms with Crippen molar-refractivity contribution in [2.24, 2.45) is 9.86 Å². The van der Waals surface area contributed by atoms with Crippen LogP contribution in [-0.4, -0.2) is 202 Å². The van der Waals surface area contributed by atoms with Gasteiger partial charge in [0, 0.05) is 181 Å². The van der Waals surface area contributed by atoms with Gasteiger partial charge in [-0.05, 0) is 158 Å². The molecule has 0 bridgehead atoms. The molecule has 6 N–H and O–H groups in total. The third-order valence-corrected chi connectivity index (χ3v) is 28.7. The molecule has 0 saturated heterocycles. The second-order valence-corrected chi connectivity index (χ2v) is 40.9. The maximum absolute atomic E-state index is 13.2. The van der Waals surface area contributed by atoms with Gasteiger partial charge in [0.2, 0.25) is 0 Å². The van der Waals surface area contributed by atoms with Gasteiger partial charge in [-0.2, -0.15) is 53.8 Å². The van der Waals surface area contributed by atoms with E-state index in [-0.39, 0.29) is 74.8 Å². The third-order valence-electron chi connectivity index (χ3n) is 26.2. The molecule has 20 aromatic rings. The summed E-state index contributed by atoms with van der Waals surface area (Å²) < 4.78 is 23.0. The predicted octanol–water partition coefficient (Wildman–Crippen LogP) is 15.0. The van der Waals surface area contributed by atoms with Crippen molar-refractivity contribution >= 4 is 136 Å². The molecule has 16 heterocycles. The Morgan fingerprint density at radius 1 is 0.422 bits per heavy atom. The molecule has 756 valence electrons. The molecule has 1 unspecified atom stereocenters. The van der Waals surface area contributed by atoms with E-state index in [2.05, 4.69) is 234 Å². The van der Waals surface area contributed by atoms with E-state index in [1.165, 1.54) is 39.6 Å². The Bertz CT molecular complexity index is 7870. The molecule has 2 aliphatic carbocycles. The standard InChI is InChI=1S/C28H30N8O2.C26H26N6O.C24H23N7O2.C17H18N4O.C9H10IN3.C5H11INO/c1-17(2)35-16-21(19-11-12-29-33-27(19)35)23-13-25(34(3)15-18-7-5-4-6-8-18)36-26(31-23)20(14-30-36)28(38)32-22-9-10-24(22)37;1-17(2)31-16-22(20-10-11-27-14-24(20)31)23-12-25(30(4)15-19-8-6-5-7-9-19)32-26(29-23)21(13-28-32)18(3)33;1-15(2)30-14-19(17-9-10-25-28-23(17)30)20-11-21(29(3)13-16-7-5-4-6-8-16)31-22(27-20)18(12-26-31)24(32)33;1-12-9-16(20(3)11-14-7-5-4-6-8-14)21-17(19-12)15(10-18-21)13(2)22;1-6(2)13-5-8(10)7-3-4-11-12-9(7)13;7-6-3-4-1-2-5(4)8/h4-8,11-14,16-17,22,24,37H,9-10,15H2,1-3H3,(H,32,38);5-14,16-17H,15H2,1-4H3;4-12,14-15H,13H2,1-3H3,(H,32,33);4-10H,11H2,1-3H3;3-6H,1-2H3;4-5,8H,1-3,7H2/q;;;;;-1/t22?,24-;;;;;4-,5-/m1....1/s1. The summed E-state index contributed by atoms with van der Waals surface area (Å²) in [5.41, 5.74) is 17.5. The molecule has 147 heavy (non-hydrogen) atoms. The van der Waals surface area contributed by atoms with Crippen LogP contribution in [-0.2, 0) is 26.2 Å². The number of nitrogens with one attached hydrogen (secondary N) is 1. The van der Waals surface area contributed by atoms with Crippen LogP contribution in [0, 0.1) is 16.4 Å². The monoisotopic (exact) mass is 2200 g/mol. The average Bonchev–Trinajstić information content (AvgIpc) is 1.71. The number of halogens is 2. The number of hydrogen-bond donors (Lipinski definition) is 5. The van der Waals surface area contributed by atoms with Crippen LogP contribution >= 0.6 is 22.6 Å². The number of carbonyl (C=O) groups excluding carboxylic acids is 3. The zero-order valence-electron chi connectivity index (χ0n) is 84.5. The van der Waals surface area contributed by atoms with Gasteiger partial charge in [0.25, 0.3) is 5.91 Å². The van der Waals surface area contributed by atoms with Crippen LogP contribution in [0.15, 0.2) is 250 Å². The number of aliphatic hydroxyl groups excluding tert-OH is 2. The molecule has 4 aromatic carbocycles. The van der Waals surface area contributed by atoms with Crippen LogP contribution in [0.4, 0.5) is 23.3 Å². The summed E-state index contributed by atoms with van der Waals surface area (Å²) in [5.74, 6) is 2.45. The van der Waals surface area contributed by atoms with E-state index in [0.29, 0.717) is 88.7 Å². The molecule has 4 atom stereocenters. The summed E-state index contributed by atoms with van der Waals surface area (Å²) in [6.07, 6.45) is 26.3. The van der Waals surface area contributed by atoms with Crippen molar-refractivity contribution in [1.29, 1.82) is 0 Å². The second kappa shape index (κ2) is 45.6. The van der Waals surface area contributed by atoms with Crippen LogP contribution in [0.3, 0.4) is 0 Å². The van der Waals surface area contributed by atoms with E-state index >= 15 is 0 Å². The maximum atomic E-state index is 13.2. The number of amides is 1. The quantitative estimate of drug-likeness (QED) is 0.0145. The van der Waals surface area contributed by atoms with Crippen molar-refractivity contribution in [3.8, 4) is 33.8 Å². The number of pyridine rings is 1. The van der Waals surface area contributed by atoms with E-state index in [1.54, 1.807) is 68.4 Å². The number of carboxylic acids is 1. The number of anilines is 4. The molecule has 0 radical (unpaired) electrons. The van der Waals surface area contributed by atoms with Gasteiger partial charge in [-0.15, -0.1) is 15.3 Å². The van der Waals surface area contributed by atoms with Gasteiger partial charge in [0.15, 0.2) is 51.1 Å². The minimum atomic E-state index is -1.07. The number of nitrogens with two attached hydrogens (primary N) is 1. The van der Waals surface area contributed by atoms with Gasteiger partial charge in [-0.3, -0.25) is 19.4 Å². The Morgan fingerprint density at radius 3 is 1.14 bits per heavy atom. The van der Waals surface area contributed by atoms with Gasteiger partial charge in [0.05, 0.1) is 95.4 Å². The van der Waals surface area contributed by atoms with Crippen molar-refractivity contribution in [3.05, 3.63) is 304 Å². The summed E-state index contributed by atoms with van der Waals surface area (Å²) in [6.45, 7) is 24.7. The number of benzene rings is 4. The number of aryl methyl sites for hydroxylation is 1. The number of ketones is 2. The number of fused-ring (bicyclic) bond motifs is 8. The van der Waals surface area contributed by atoms with E-state index in [0.717, 1.165) is 125 Å². The molecule has 2 fully saturated rings. The van der Waals surface area contributed by atoms with E-state index in [4.69, 9.17) is 24.0 Å². The summed E-state index contributed by atoms with van der Waals surface area (Å²) in [5, 5.41) is 78.4. The van der Waals surface area contributed by atoms with Gasteiger partial charge in [0.1, 0.15) is 34.4 Å². The summed E-state index contributed by atoms with van der Waals surface area (Å²) in [6, 6.07) is 57.4. The Kier molecular flexibility index (Phi) is 32.0. The molecule has 38 heteroatoms. The first-order valence-electron chi connectivity index (χ1n) is 48.7. The van der Waals surface area contributed by atoms with Crippen LogP contribution in [0.5, 0.6) is 0 Å². The normalized spacial score (nSPS) is 14.3. The molecule has 2 aliphatic rings. The number of alkyl halides is 1. The van der Waals surface area contributed by atoms with Crippen LogP contribution in [0.25, 0.3) is 100 Å². The molecule has 0 spiro atoms. The average molecular weight is 2200 g/mol. The van der Waals surface area contributed by atoms with Crippen LogP contribution in [0.1, 0.15) is 188 Å². The Balaban J connectivity index is 0.000000127. The van der Waals surface area contributed by atoms with Crippen molar-refractivity contribution in [1.82, 2.24) is 118 Å². The number of nitrogens with zero attached hydrogens (tertiary/aromatic N) is 27. The van der Waals surface area contributed by atoms with Crippen molar-refractivity contribution in [2.45, 2.75) is 170 Å². The summed E-state index contributed by atoms with van der Waals surface area (Å²) >= 11 is 2.25. The topological polar surface area (TPSA) is 411 Å². The Labute approximate surface area is 873 Å². The van der Waals surface area contributed by atoms with Gasteiger partial charge in [-0.1, -0.05) is 121 Å². The molecular weight excluding hydrogens is 2080 g/mol. The minimum absolute atomic E-state index is 0.00162. The molecule has 1 amide bonds. The number of Topliss-reactive ketones (excluding diaryl/α,β-unsaturated/α-hetero) is 2. The van der Waals surface area contributed by atoms with Gasteiger partial charge >= 0.3 is 65.8 Å². The Morgan fingerprint density at radius 2 is 0.776 bits per heavy atom. The predicted molar refractivity (Wildman–Crippen MR) is 576 cm³/mol. The van der Waals surface area contributed by atoms with Crippen LogP contribution in [0.2, 0.25) is 0 Å². The first-order valence-corrected chi connectivity index (χ1v) is 52.5. The zero-order valence-corrected chi connectivity index (χ0v) is 88.9. The first kappa shape index (κ1) is 103. The fraction of sp³-hybridized carbons (Fsp3) is 0.294. The Hall–Kier alpha value is -15.3. The molecular formula is C109H118I2N29O7-. The van der Waals surface area contributed by atoms with Crippen molar-refractivity contribution in [3.63, 3.8) is 0 Å². The van der Waals surface area contributed by atoms with Crippen molar-refractivity contribution in [2.75, 3.05) is 52.2 Å². The molecule has 2 saturated carbocycles. The number of carboxylic acid groups (broad SMARTS) is 1. The summed E-state index contributed by atoms with van der Waals surface area (Å²) in [4.78, 5) is 80.9. The molecule has 36 nitrogen and oxygen atoms in total. The number of aromatic nitrogens is 23. The number of hydrogen-bond acceptors (Lipinski definition) is 26. The fourth-order valence-electron chi connectivity index (χ4n) is 18.0. The number of carbonyl (C=O) groups is 4. The second-order valence-electron chi connectivity index (χ2n) is 38.0. The zero-order chi connectivity index (χ0) is 104.